The molecule has 0 aliphatic heterocycles. The van der Waals surface area contributed by atoms with Gasteiger partial charge in [0.15, 0.2) is 0 Å². The van der Waals surface area contributed by atoms with Gasteiger partial charge in [0.2, 0.25) is 0 Å². The molecule has 0 radical (unpaired) electrons. The summed E-state index contributed by atoms with van der Waals surface area (Å²) in [4.78, 5) is 12.5. The van der Waals surface area contributed by atoms with Gasteiger partial charge in [0.1, 0.15) is 13.5 Å². The Morgan fingerprint density at radius 3 is 2.17 bits per heavy atom. The predicted octanol–water partition coefficient (Wildman–Crippen LogP) is 4.10. The van der Waals surface area contributed by atoms with E-state index < -0.39 is 14.2 Å². The van der Waals surface area contributed by atoms with Gasteiger partial charge in [-0.2, -0.15) is 0 Å². The topological polar surface area (TPSA) is 37.3 Å². The fourth-order valence-electron chi connectivity index (χ4n) is 1.66. The maximum absolute atomic E-state index is 12.5. The zero-order chi connectivity index (χ0) is 14.6. The van der Waals surface area contributed by atoms with Crippen LogP contribution >= 0.6 is 0 Å². The summed E-state index contributed by atoms with van der Waals surface area (Å²) in [6, 6.07) is 0. The van der Waals surface area contributed by atoms with Gasteiger partial charge >= 0.3 is 0 Å². The van der Waals surface area contributed by atoms with Crippen molar-refractivity contribution in [1.29, 1.82) is 0 Å². The van der Waals surface area contributed by atoms with Gasteiger partial charge in [0.25, 0.3) is 0 Å². The summed E-state index contributed by atoms with van der Waals surface area (Å²) in [7, 11) is -2.08. The van der Waals surface area contributed by atoms with Gasteiger partial charge in [-0.3, -0.25) is 0 Å². The number of carbonyl (C=O) groups is 1. The highest BCUT2D eigenvalue weighted by atomic mass is 28.3. The second-order valence-electron chi connectivity index (χ2n) is 6.74. The Balaban J connectivity index is 4.65. The molecular formula is C15H30O2Si. The van der Waals surface area contributed by atoms with Crippen molar-refractivity contribution in [2.75, 3.05) is 0 Å². The number of hydrogen-bond acceptors (Lipinski definition) is 2. The van der Waals surface area contributed by atoms with E-state index in [2.05, 4.69) is 47.4 Å². The van der Waals surface area contributed by atoms with Crippen molar-refractivity contribution < 1.29 is 9.90 Å². The monoisotopic (exact) mass is 270 g/mol. The third-order valence-electron chi connectivity index (χ3n) is 4.22. The van der Waals surface area contributed by atoms with Gasteiger partial charge in [-0.15, -0.1) is 0 Å². The molecule has 0 aromatic carbocycles. The molecule has 2 nitrogen and oxygen atoms in total. The van der Waals surface area contributed by atoms with E-state index in [0.717, 1.165) is 19.3 Å². The number of carbonyl (C=O) groups excluding carboxylic acids is 1. The minimum absolute atomic E-state index is 0.00381. The Morgan fingerprint density at radius 2 is 1.78 bits per heavy atom. The maximum atomic E-state index is 12.5. The maximum Gasteiger partial charge on any atom is 0.138 e. The highest BCUT2D eigenvalue weighted by Crippen LogP contribution is 2.38. The lowest BCUT2D eigenvalue weighted by molar-refractivity contribution is -0.110. The van der Waals surface area contributed by atoms with Crippen LogP contribution in [0.1, 0.15) is 53.4 Å². The zero-order valence-corrected chi connectivity index (χ0v) is 14.0. The van der Waals surface area contributed by atoms with Gasteiger partial charge in [-0.05, 0) is 11.5 Å². The van der Waals surface area contributed by atoms with Crippen LogP contribution in [0.4, 0.5) is 0 Å². The number of aliphatic hydroxyl groups excluding tert-OH is 1. The van der Waals surface area contributed by atoms with Crippen LogP contribution in [0.15, 0.2) is 12.2 Å². The Labute approximate surface area is 113 Å². The van der Waals surface area contributed by atoms with E-state index >= 15 is 0 Å². The average molecular weight is 270 g/mol. The molecule has 0 aromatic heterocycles. The van der Waals surface area contributed by atoms with Crippen molar-refractivity contribution in [3.05, 3.63) is 12.2 Å². The highest BCUT2D eigenvalue weighted by molar-refractivity contribution is 7.08. The molecule has 1 unspecified atom stereocenters. The molecule has 0 bridgehead atoms. The average Bonchev–Trinajstić information content (AvgIpc) is 2.25. The number of unbranched alkanes of at least 4 members (excludes halogenated alkanes) is 2. The standard InChI is InChI=1S/C15H30O2Si/c1-8-9-10-11-13(16)12(2)14(17)18(6,7)15(3,4)5/h13,16H,2,8-11H2,1,3-7H3. The van der Waals surface area contributed by atoms with Crippen LogP contribution in [0.2, 0.25) is 18.1 Å². The number of rotatable bonds is 7. The summed E-state index contributed by atoms with van der Waals surface area (Å²) >= 11 is 0. The first-order chi connectivity index (χ1) is 8.05. The summed E-state index contributed by atoms with van der Waals surface area (Å²) < 4.78 is 0. The first kappa shape index (κ1) is 17.6. The normalized spacial score (nSPS) is 14.4. The molecule has 0 rings (SSSR count). The van der Waals surface area contributed by atoms with E-state index in [9.17, 15) is 9.90 Å². The lowest BCUT2D eigenvalue weighted by Crippen LogP contribution is -2.48. The summed E-state index contributed by atoms with van der Waals surface area (Å²) in [5.74, 6) is 0. The first-order valence-electron chi connectivity index (χ1n) is 6.97. The summed E-state index contributed by atoms with van der Waals surface area (Å²) in [5.41, 5.74) is 0.428. The molecule has 1 atom stereocenters. The van der Waals surface area contributed by atoms with E-state index in [-0.39, 0.29) is 10.4 Å². The lowest BCUT2D eigenvalue weighted by atomic mass is 10.1. The van der Waals surface area contributed by atoms with E-state index in [0.29, 0.717) is 12.0 Å². The molecule has 0 aliphatic rings. The Bertz CT molecular complexity index is 300. The fourth-order valence-corrected chi connectivity index (χ4v) is 3.31. The molecule has 0 aliphatic carbocycles. The second kappa shape index (κ2) is 6.67. The number of aliphatic hydroxyl groups is 1. The van der Waals surface area contributed by atoms with E-state index in [4.69, 9.17) is 0 Å². The largest absolute Gasteiger partial charge is 0.388 e. The Hall–Kier alpha value is -0.413. The minimum Gasteiger partial charge on any atom is -0.388 e. The van der Waals surface area contributed by atoms with Crippen LogP contribution in [0.5, 0.6) is 0 Å². The molecule has 18 heavy (non-hydrogen) atoms. The van der Waals surface area contributed by atoms with Crippen molar-refractivity contribution in [3.63, 3.8) is 0 Å². The Kier molecular flexibility index (Phi) is 6.51. The quantitative estimate of drug-likeness (QED) is 0.429. The van der Waals surface area contributed by atoms with Crippen LogP contribution < -0.4 is 0 Å². The van der Waals surface area contributed by atoms with Gasteiger partial charge in [-0.25, -0.2) is 0 Å². The van der Waals surface area contributed by atoms with Crippen molar-refractivity contribution in [2.45, 2.75) is 77.6 Å². The minimum atomic E-state index is -2.08. The lowest BCUT2D eigenvalue weighted by Gasteiger charge is -2.36. The molecular weight excluding hydrogens is 240 g/mol. The van der Waals surface area contributed by atoms with Crippen LogP contribution in [-0.2, 0) is 4.79 Å². The van der Waals surface area contributed by atoms with Gasteiger partial charge in [0, 0.05) is 5.57 Å². The summed E-state index contributed by atoms with van der Waals surface area (Å²) in [6.07, 6.45) is 3.18. The van der Waals surface area contributed by atoms with E-state index in [1.807, 2.05) is 0 Å². The van der Waals surface area contributed by atoms with Crippen molar-refractivity contribution in [1.82, 2.24) is 0 Å². The third-order valence-corrected chi connectivity index (χ3v) is 9.42. The van der Waals surface area contributed by atoms with Crippen LogP contribution in [-0.4, -0.2) is 24.7 Å². The van der Waals surface area contributed by atoms with Crippen molar-refractivity contribution in [2.24, 2.45) is 0 Å². The van der Waals surface area contributed by atoms with Crippen LogP contribution in [0.3, 0.4) is 0 Å². The molecule has 0 aromatic rings. The third kappa shape index (κ3) is 4.36. The predicted molar refractivity (Wildman–Crippen MR) is 81.5 cm³/mol. The summed E-state index contributed by atoms with van der Waals surface area (Å²) in [5, 5.41) is 10.2. The fraction of sp³-hybridized carbons (Fsp3) is 0.800. The molecule has 0 fully saturated rings. The van der Waals surface area contributed by atoms with E-state index in [1.165, 1.54) is 0 Å². The zero-order valence-electron chi connectivity index (χ0n) is 13.0. The molecule has 0 saturated carbocycles. The number of hydrogen-bond donors (Lipinski definition) is 1. The molecule has 0 amide bonds. The molecule has 1 N–H and O–H groups in total. The molecule has 106 valence electrons. The SMILES string of the molecule is C=C(C(=O)[Si](C)(C)C(C)(C)C)C(O)CCCCC. The molecule has 0 spiro atoms. The molecule has 0 heterocycles. The van der Waals surface area contributed by atoms with Crippen molar-refractivity contribution >= 4 is 13.5 Å². The van der Waals surface area contributed by atoms with Crippen molar-refractivity contribution in [3.8, 4) is 0 Å². The smallest absolute Gasteiger partial charge is 0.138 e. The second-order valence-corrected chi connectivity index (χ2v) is 11.9. The van der Waals surface area contributed by atoms with Gasteiger partial charge in [-0.1, -0.05) is 66.6 Å². The van der Waals surface area contributed by atoms with Gasteiger partial charge < -0.3 is 9.90 Å². The van der Waals surface area contributed by atoms with Gasteiger partial charge in [0.05, 0.1) is 6.10 Å². The molecule has 3 heteroatoms. The van der Waals surface area contributed by atoms with E-state index in [1.54, 1.807) is 0 Å². The van der Waals surface area contributed by atoms with Crippen LogP contribution in [0, 0.1) is 0 Å². The van der Waals surface area contributed by atoms with Crippen LogP contribution in [0.25, 0.3) is 0 Å². The first-order valence-corrected chi connectivity index (χ1v) is 9.97. The molecule has 0 saturated heterocycles. The highest BCUT2D eigenvalue weighted by Gasteiger charge is 2.43. The summed E-state index contributed by atoms with van der Waals surface area (Å²) in [6.45, 7) is 16.4. The Morgan fingerprint density at radius 1 is 1.28 bits per heavy atom.